The van der Waals surface area contributed by atoms with E-state index in [1.165, 1.54) is 16.7 Å². The van der Waals surface area contributed by atoms with Crippen molar-refractivity contribution in [2.45, 2.75) is 25.7 Å². The summed E-state index contributed by atoms with van der Waals surface area (Å²) >= 11 is 0. The van der Waals surface area contributed by atoms with Gasteiger partial charge in [-0.05, 0) is 23.6 Å². The van der Waals surface area contributed by atoms with Gasteiger partial charge in [0.1, 0.15) is 0 Å². The van der Waals surface area contributed by atoms with Crippen LogP contribution in [0.1, 0.15) is 30.6 Å². The lowest BCUT2D eigenvalue weighted by Crippen LogP contribution is -2.13. The summed E-state index contributed by atoms with van der Waals surface area (Å²) < 4.78 is 11.7. The molecular weight excluding hydrogens is 260 g/mol. The van der Waals surface area contributed by atoms with E-state index >= 15 is 0 Å². The summed E-state index contributed by atoms with van der Waals surface area (Å²) in [6.45, 7) is 2.72. The third-order valence-electron chi connectivity index (χ3n) is 3.68. The maximum Gasteiger partial charge on any atom is 0.162 e. The molecule has 0 spiro atoms. The van der Waals surface area contributed by atoms with E-state index in [1.807, 2.05) is 36.4 Å². The van der Waals surface area contributed by atoms with Crippen molar-refractivity contribution >= 4 is 6.08 Å². The van der Waals surface area contributed by atoms with Gasteiger partial charge in [0, 0.05) is 6.42 Å². The van der Waals surface area contributed by atoms with E-state index in [1.54, 1.807) is 0 Å². The minimum atomic E-state index is -0.143. The van der Waals surface area contributed by atoms with Gasteiger partial charge < -0.3 is 9.47 Å². The molecule has 1 fully saturated rings. The number of rotatable bonds is 4. The van der Waals surface area contributed by atoms with Crippen LogP contribution in [0.2, 0.25) is 0 Å². The molecule has 0 amide bonds. The summed E-state index contributed by atoms with van der Waals surface area (Å²) in [6.07, 6.45) is 2.94. The average molecular weight is 280 g/mol. The molecule has 3 rings (SSSR count). The second kappa shape index (κ2) is 6.70. The van der Waals surface area contributed by atoms with E-state index in [9.17, 15) is 0 Å². The zero-order valence-corrected chi connectivity index (χ0v) is 12.2. The Hall–Kier alpha value is -1.90. The molecule has 0 bridgehead atoms. The predicted octanol–water partition coefficient (Wildman–Crippen LogP) is 4.59. The van der Waals surface area contributed by atoms with Gasteiger partial charge in [-0.1, -0.05) is 66.7 Å². The molecular formula is C19H20O2. The van der Waals surface area contributed by atoms with Crippen LogP contribution >= 0.6 is 0 Å². The Kier molecular flexibility index (Phi) is 4.49. The molecule has 0 N–H and O–H groups in total. The maximum absolute atomic E-state index is 6.00. The van der Waals surface area contributed by atoms with Gasteiger partial charge in [-0.25, -0.2) is 0 Å². The van der Waals surface area contributed by atoms with Crippen molar-refractivity contribution < 1.29 is 9.47 Å². The van der Waals surface area contributed by atoms with Crippen molar-refractivity contribution in [1.82, 2.24) is 0 Å². The number of hydrogen-bond donors (Lipinski definition) is 0. The fraction of sp³-hybridized carbons (Fsp3) is 0.263. The molecule has 108 valence electrons. The quantitative estimate of drug-likeness (QED) is 0.815. The zero-order valence-electron chi connectivity index (χ0n) is 12.2. The second-order valence-electron chi connectivity index (χ2n) is 5.35. The van der Waals surface area contributed by atoms with Crippen molar-refractivity contribution in [3.63, 3.8) is 0 Å². The molecule has 21 heavy (non-hydrogen) atoms. The highest BCUT2D eigenvalue weighted by atomic mass is 16.7. The van der Waals surface area contributed by atoms with Crippen molar-refractivity contribution in [2.24, 2.45) is 0 Å². The summed E-state index contributed by atoms with van der Waals surface area (Å²) in [5.74, 6) is 0. The normalized spacial score (nSPS) is 21.6. The van der Waals surface area contributed by atoms with E-state index in [0.717, 1.165) is 6.42 Å². The molecule has 2 aromatic rings. The summed E-state index contributed by atoms with van der Waals surface area (Å²) in [4.78, 5) is 0. The first-order valence-electron chi connectivity index (χ1n) is 7.38. The monoisotopic (exact) mass is 280 g/mol. The Balaban J connectivity index is 1.59. The van der Waals surface area contributed by atoms with Crippen LogP contribution in [0.15, 0.2) is 66.2 Å². The van der Waals surface area contributed by atoms with E-state index in [0.29, 0.717) is 6.61 Å². The molecule has 1 aliphatic heterocycles. The Morgan fingerprint density at radius 2 is 1.71 bits per heavy atom. The van der Waals surface area contributed by atoms with E-state index in [-0.39, 0.29) is 12.4 Å². The van der Waals surface area contributed by atoms with Crippen LogP contribution in [-0.2, 0) is 9.47 Å². The Labute approximate surface area is 126 Å². The topological polar surface area (TPSA) is 18.5 Å². The lowest BCUT2D eigenvalue weighted by Gasteiger charge is -2.17. The molecule has 1 aliphatic rings. The van der Waals surface area contributed by atoms with Gasteiger partial charge in [-0.2, -0.15) is 0 Å². The molecule has 0 unspecified atom stereocenters. The smallest absolute Gasteiger partial charge is 0.162 e. The highest BCUT2D eigenvalue weighted by Gasteiger charge is 2.23. The van der Waals surface area contributed by atoms with Gasteiger partial charge in [0.25, 0.3) is 0 Å². The van der Waals surface area contributed by atoms with Gasteiger partial charge in [-0.15, -0.1) is 0 Å². The lowest BCUT2D eigenvalue weighted by molar-refractivity contribution is -0.140. The molecule has 2 nitrogen and oxygen atoms in total. The Morgan fingerprint density at radius 3 is 2.43 bits per heavy atom. The van der Waals surface area contributed by atoms with Gasteiger partial charge in [0.05, 0.1) is 12.7 Å². The molecule has 0 saturated carbocycles. The van der Waals surface area contributed by atoms with E-state index < -0.39 is 0 Å². The largest absolute Gasteiger partial charge is 0.348 e. The lowest BCUT2D eigenvalue weighted by atomic mass is 10.1. The molecule has 0 aliphatic carbocycles. The molecule has 2 aromatic carbocycles. The predicted molar refractivity (Wildman–Crippen MR) is 84.7 cm³/mol. The fourth-order valence-electron chi connectivity index (χ4n) is 2.54. The third-order valence-corrected chi connectivity index (χ3v) is 3.68. The molecule has 0 radical (unpaired) electrons. The van der Waals surface area contributed by atoms with Gasteiger partial charge in [0.2, 0.25) is 0 Å². The molecule has 0 aromatic heterocycles. The van der Waals surface area contributed by atoms with E-state index in [4.69, 9.17) is 9.47 Å². The van der Waals surface area contributed by atoms with Gasteiger partial charge >= 0.3 is 0 Å². The number of benzene rings is 2. The SMILES string of the molecule is C[C@@H](O[C@@H]1C/C(=C/c2ccccc2)CO1)c1ccccc1. The molecule has 2 heteroatoms. The molecule has 2 atom stereocenters. The van der Waals surface area contributed by atoms with Crippen molar-refractivity contribution in [1.29, 1.82) is 0 Å². The Bertz CT molecular complexity index is 589. The highest BCUT2D eigenvalue weighted by Crippen LogP contribution is 2.27. The van der Waals surface area contributed by atoms with Crippen LogP contribution in [-0.4, -0.2) is 12.9 Å². The maximum atomic E-state index is 6.00. The minimum Gasteiger partial charge on any atom is -0.348 e. The fourth-order valence-corrected chi connectivity index (χ4v) is 2.54. The first-order valence-corrected chi connectivity index (χ1v) is 7.38. The standard InChI is InChI=1S/C19H20O2/c1-15(18-10-6-3-7-11-18)21-19-13-17(14-20-19)12-16-8-4-2-5-9-16/h2-12,15,19H,13-14H2,1H3/b17-12-/t15-,19-/m1/s1. The van der Waals surface area contributed by atoms with Crippen LogP contribution in [0.5, 0.6) is 0 Å². The second-order valence-corrected chi connectivity index (χ2v) is 5.35. The molecule has 1 heterocycles. The first-order chi connectivity index (χ1) is 10.3. The van der Waals surface area contributed by atoms with Crippen molar-refractivity contribution in [3.05, 3.63) is 77.4 Å². The Morgan fingerprint density at radius 1 is 1.05 bits per heavy atom. The van der Waals surface area contributed by atoms with Gasteiger partial charge in [0.15, 0.2) is 6.29 Å². The number of ether oxygens (including phenoxy) is 2. The van der Waals surface area contributed by atoms with Crippen LogP contribution in [0.25, 0.3) is 6.08 Å². The average Bonchev–Trinajstić information content (AvgIpc) is 2.96. The summed E-state index contributed by atoms with van der Waals surface area (Å²) in [5.41, 5.74) is 3.68. The van der Waals surface area contributed by atoms with Crippen LogP contribution in [0.4, 0.5) is 0 Å². The van der Waals surface area contributed by atoms with Gasteiger partial charge in [-0.3, -0.25) is 0 Å². The zero-order chi connectivity index (χ0) is 14.5. The van der Waals surface area contributed by atoms with Crippen LogP contribution in [0, 0.1) is 0 Å². The molecule has 1 saturated heterocycles. The summed E-state index contributed by atoms with van der Waals surface area (Å²) in [7, 11) is 0. The highest BCUT2D eigenvalue weighted by molar-refractivity contribution is 5.53. The van der Waals surface area contributed by atoms with Crippen LogP contribution < -0.4 is 0 Å². The third kappa shape index (κ3) is 3.81. The van der Waals surface area contributed by atoms with E-state index in [2.05, 4.69) is 37.3 Å². The van der Waals surface area contributed by atoms with Crippen molar-refractivity contribution in [3.8, 4) is 0 Å². The first kappa shape index (κ1) is 14.1. The summed E-state index contributed by atoms with van der Waals surface area (Å²) in [5, 5.41) is 0. The minimum absolute atomic E-state index is 0.0484. The van der Waals surface area contributed by atoms with Crippen LogP contribution in [0.3, 0.4) is 0 Å². The number of hydrogen-bond acceptors (Lipinski definition) is 2. The van der Waals surface area contributed by atoms with Crippen molar-refractivity contribution in [2.75, 3.05) is 6.61 Å². The summed E-state index contributed by atoms with van der Waals surface area (Å²) in [6, 6.07) is 20.6.